The monoisotopic (exact) mass is 216 g/mol. The van der Waals surface area contributed by atoms with Gasteiger partial charge in [-0.1, -0.05) is 18.2 Å². The molecule has 0 saturated heterocycles. The van der Waals surface area contributed by atoms with E-state index in [0.29, 0.717) is 18.3 Å². The molecule has 1 aliphatic rings. The molecule has 0 fully saturated rings. The average molecular weight is 216 g/mol. The van der Waals surface area contributed by atoms with Crippen LogP contribution in [0.15, 0.2) is 48.3 Å². The van der Waals surface area contributed by atoms with Gasteiger partial charge in [0.2, 0.25) is 0 Å². The first kappa shape index (κ1) is 10.8. The summed E-state index contributed by atoms with van der Waals surface area (Å²) in [5.74, 6) is 1.64. The Morgan fingerprint density at radius 1 is 1.31 bits per heavy atom. The van der Waals surface area contributed by atoms with Crippen molar-refractivity contribution in [3.05, 3.63) is 53.8 Å². The number of allylic oxidation sites excluding steroid dienone is 3. The molecule has 0 aromatic heterocycles. The fourth-order valence-corrected chi connectivity index (χ4v) is 1.83. The van der Waals surface area contributed by atoms with Gasteiger partial charge in [-0.2, -0.15) is 0 Å². The highest BCUT2D eigenvalue weighted by atomic mass is 16.5. The van der Waals surface area contributed by atoms with Crippen molar-refractivity contribution in [1.29, 1.82) is 0 Å². The van der Waals surface area contributed by atoms with Gasteiger partial charge in [0.1, 0.15) is 11.5 Å². The van der Waals surface area contributed by atoms with E-state index in [4.69, 9.17) is 4.74 Å². The quantitative estimate of drug-likeness (QED) is 0.837. The molecule has 16 heavy (non-hydrogen) atoms. The van der Waals surface area contributed by atoms with E-state index < -0.39 is 0 Å². The Balaban J connectivity index is 2.08. The van der Waals surface area contributed by atoms with Gasteiger partial charge in [-0.05, 0) is 43.2 Å². The molecule has 0 amide bonds. The molecule has 1 aromatic carbocycles. The third kappa shape index (κ3) is 2.45. The van der Waals surface area contributed by atoms with Crippen molar-refractivity contribution in [3.63, 3.8) is 0 Å². The second-order valence-corrected chi connectivity index (χ2v) is 3.83. The van der Waals surface area contributed by atoms with Crippen molar-refractivity contribution in [2.24, 2.45) is 0 Å². The fraction of sp³-hybridized carbons (Fsp3) is 0.286. The number of ether oxygens (including phenoxy) is 1. The smallest absolute Gasteiger partial charge is 0.119 e. The summed E-state index contributed by atoms with van der Waals surface area (Å²) in [7, 11) is 0. The number of aliphatic hydroxyl groups excluding tert-OH is 1. The predicted molar refractivity (Wildman–Crippen MR) is 64.8 cm³/mol. The minimum absolute atomic E-state index is 0.363. The Bertz CT molecular complexity index is 401. The van der Waals surface area contributed by atoms with Gasteiger partial charge in [0.05, 0.1) is 6.61 Å². The number of benzene rings is 1. The van der Waals surface area contributed by atoms with E-state index in [1.165, 1.54) is 5.56 Å². The molecule has 1 aromatic rings. The van der Waals surface area contributed by atoms with Gasteiger partial charge >= 0.3 is 0 Å². The van der Waals surface area contributed by atoms with Gasteiger partial charge in [-0.25, -0.2) is 0 Å². The highest BCUT2D eigenvalue weighted by Gasteiger charge is 2.10. The highest BCUT2D eigenvalue weighted by Crippen LogP contribution is 2.27. The molecule has 1 atom stereocenters. The fourth-order valence-electron chi connectivity index (χ4n) is 1.83. The molecule has 0 heterocycles. The van der Waals surface area contributed by atoms with Gasteiger partial charge < -0.3 is 9.84 Å². The molecule has 0 saturated carbocycles. The number of rotatable bonds is 3. The minimum atomic E-state index is 0.363. The van der Waals surface area contributed by atoms with E-state index in [1.807, 2.05) is 31.2 Å². The van der Waals surface area contributed by atoms with E-state index in [1.54, 1.807) is 6.08 Å². The lowest BCUT2D eigenvalue weighted by Gasteiger charge is -2.15. The number of hydrogen-bond donors (Lipinski definition) is 1. The molecule has 1 aliphatic carbocycles. The van der Waals surface area contributed by atoms with Crippen LogP contribution in [0.25, 0.3) is 0 Å². The first-order valence-corrected chi connectivity index (χ1v) is 5.59. The Morgan fingerprint density at radius 3 is 2.62 bits per heavy atom. The van der Waals surface area contributed by atoms with Gasteiger partial charge in [0, 0.05) is 5.92 Å². The van der Waals surface area contributed by atoms with Gasteiger partial charge in [-0.3, -0.25) is 0 Å². The number of aliphatic hydroxyl groups is 1. The second kappa shape index (κ2) is 4.88. The van der Waals surface area contributed by atoms with Gasteiger partial charge in [0.15, 0.2) is 0 Å². The summed E-state index contributed by atoms with van der Waals surface area (Å²) >= 11 is 0. The lowest BCUT2D eigenvalue weighted by Crippen LogP contribution is -1.99. The lowest BCUT2D eigenvalue weighted by molar-refractivity contribution is 0.340. The summed E-state index contributed by atoms with van der Waals surface area (Å²) in [6, 6.07) is 8.14. The molecule has 0 bridgehead atoms. The van der Waals surface area contributed by atoms with Crippen LogP contribution >= 0.6 is 0 Å². The number of hydrogen-bond acceptors (Lipinski definition) is 2. The molecular weight excluding hydrogens is 200 g/mol. The molecule has 2 heteroatoms. The van der Waals surface area contributed by atoms with Crippen molar-refractivity contribution in [2.75, 3.05) is 6.61 Å². The summed E-state index contributed by atoms with van der Waals surface area (Å²) in [5.41, 5.74) is 1.25. The van der Waals surface area contributed by atoms with E-state index in [-0.39, 0.29) is 0 Å². The van der Waals surface area contributed by atoms with E-state index in [2.05, 4.69) is 12.1 Å². The van der Waals surface area contributed by atoms with Gasteiger partial charge in [0.25, 0.3) is 0 Å². The third-order valence-corrected chi connectivity index (χ3v) is 2.70. The van der Waals surface area contributed by atoms with E-state index in [0.717, 1.165) is 12.2 Å². The first-order chi connectivity index (χ1) is 7.79. The van der Waals surface area contributed by atoms with Crippen LogP contribution in [0, 0.1) is 0 Å². The zero-order valence-corrected chi connectivity index (χ0v) is 9.39. The molecule has 2 nitrogen and oxygen atoms in total. The third-order valence-electron chi connectivity index (χ3n) is 2.70. The predicted octanol–water partition coefficient (Wildman–Crippen LogP) is 3.57. The van der Waals surface area contributed by atoms with Crippen molar-refractivity contribution in [2.45, 2.75) is 19.3 Å². The van der Waals surface area contributed by atoms with Crippen LogP contribution in [-0.2, 0) is 0 Å². The molecule has 2 rings (SSSR count). The topological polar surface area (TPSA) is 29.5 Å². The standard InChI is InChI=1S/C14H16O2/c1-2-16-14-9-5-12(6-10-14)11-3-7-13(15)8-4-11/h3,5-11,15H,2,4H2,1H3. The lowest BCUT2D eigenvalue weighted by atomic mass is 9.92. The maximum atomic E-state index is 9.24. The normalized spacial score (nSPS) is 19.3. The van der Waals surface area contributed by atoms with Crippen LogP contribution in [0.2, 0.25) is 0 Å². The van der Waals surface area contributed by atoms with Crippen molar-refractivity contribution < 1.29 is 9.84 Å². The second-order valence-electron chi connectivity index (χ2n) is 3.83. The summed E-state index contributed by atoms with van der Waals surface area (Å²) in [5, 5.41) is 9.24. The largest absolute Gasteiger partial charge is 0.508 e. The molecule has 1 N–H and O–H groups in total. The summed E-state index contributed by atoms with van der Waals surface area (Å²) in [6.07, 6.45) is 6.49. The minimum Gasteiger partial charge on any atom is -0.508 e. The zero-order chi connectivity index (χ0) is 11.4. The van der Waals surface area contributed by atoms with Crippen molar-refractivity contribution in [3.8, 4) is 5.75 Å². The molecule has 0 radical (unpaired) electrons. The first-order valence-electron chi connectivity index (χ1n) is 5.59. The van der Waals surface area contributed by atoms with E-state index in [9.17, 15) is 5.11 Å². The van der Waals surface area contributed by atoms with Crippen molar-refractivity contribution in [1.82, 2.24) is 0 Å². The van der Waals surface area contributed by atoms with Crippen molar-refractivity contribution >= 4 is 0 Å². The summed E-state index contributed by atoms with van der Waals surface area (Å²) in [4.78, 5) is 0. The molecule has 84 valence electrons. The average Bonchev–Trinajstić information content (AvgIpc) is 2.32. The van der Waals surface area contributed by atoms with Gasteiger partial charge in [-0.15, -0.1) is 0 Å². The molecule has 1 unspecified atom stereocenters. The van der Waals surface area contributed by atoms with Crippen LogP contribution in [-0.4, -0.2) is 11.7 Å². The summed E-state index contributed by atoms with van der Waals surface area (Å²) in [6.45, 7) is 2.67. The molecular formula is C14H16O2. The Hall–Kier alpha value is -1.70. The maximum absolute atomic E-state index is 9.24. The SMILES string of the molecule is CCOc1ccc(C2C=CC(O)=CC2)cc1. The summed E-state index contributed by atoms with van der Waals surface area (Å²) < 4.78 is 5.40. The van der Waals surface area contributed by atoms with E-state index >= 15 is 0 Å². The Kier molecular flexibility index (Phi) is 3.30. The van der Waals surface area contributed by atoms with Crippen LogP contribution in [0.3, 0.4) is 0 Å². The van der Waals surface area contributed by atoms with Crippen LogP contribution in [0.1, 0.15) is 24.8 Å². The Morgan fingerprint density at radius 2 is 2.06 bits per heavy atom. The van der Waals surface area contributed by atoms with Crippen LogP contribution < -0.4 is 4.74 Å². The molecule has 0 aliphatic heterocycles. The zero-order valence-electron chi connectivity index (χ0n) is 9.39. The van der Waals surface area contributed by atoms with Crippen LogP contribution in [0.4, 0.5) is 0 Å². The highest BCUT2D eigenvalue weighted by molar-refractivity contribution is 5.34. The molecule has 0 spiro atoms. The maximum Gasteiger partial charge on any atom is 0.119 e. The Labute approximate surface area is 95.9 Å². The van der Waals surface area contributed by atoms with Crippen LogP contribution in [0.5, 0.6) is 5.75 Å².